The lowest BCUT2D eigenvalue weighted by Gasteiger charge is -2.42. The first-order valence-corrected chi connectivity index (χ1v) is 10.8. The Hall–Kier alpha value is -3.27. The highest BCUT2D eigenvalue weighted by Crippen LogP contribution is 2.46. The molecule has 0 aliphatic carbocycles. The highest BCUT2D eigenvalue weighted by atomic mass is 16.5. The van der Waals surface area contributed by atoms with Crippen molar-refractivity contribution in [3.05, 3.63) is 94.0 Å². The summed E-state index contributed by atoms with van der Waals surface area (Å²) in [6, 6.07) is 21.5. The second kappa shape index (κ2) is 7.16. The molecule has 0 saturated carbocycles. The van der Waals surface area contributed by atoms with E-state index in [0.717, 1.165) is 17.8 Å². The first-order valence-electron chi connectivity index (χ1n) is 10.8. The van der Waals surface area contributed by atoms with Crippen LogP contribution in [-0.2, 0) is 28.2 Å². The lowest BCUT2D eigenvalue weighted by atomic mass is 9.86. The molecule has 1 atom stereocenters. The molecule has 0 saturated heterocycles. The van der Waals surface area contributed by atoms with Gasteiger partial charge in [-0.05, 0) is 49.6 Å². The van der Waals surface area contributed by atoms with E-state index in [9.17, 15) is 4.79 Å². The van der Waals surface area contributed by atoms with Crippen LogP contribution in [-0.4, -0.2) is 19.6 Å². The van der Waals surface area contributed by atoms with Gasteiger partial charge in [0.15, 0.2) is 5.54 Å². The third-order valence-corrected chi connectivity index (χ3v) is 6.72. The number of carbonyl (C=O) groups excluding carboxylic acids is 1. The average Bonchev–Trinajstić information content (AvgIpc) is 2.97. The summed E-state index contributed by atoms with van der Waals surface area (Å²) >= 11 is 0. The Kier molecular flexibility index (Phi) is 4.54. The summed E-state index contributed by atoms with van der Waals surface area (Å²) in [5, 5.41) is 0. The van der Waals surface area contributed by atoms with E-state index in [1.54, 1.807) is 0 Å². The maximum Gasteiger partial charge on any atom is 0.338 e. The Morgan fingerprint density at radius 1 is 0.806 bits per heavy atom. The third kappa shape index (κ3) is 3.01. The number of carbonyl (C=O) groups is 1. The van der Waals surface area contributed by atoms with Gasteiger partial charge in [0, 0.05) is 24.5 Å². The van der Waals surface area contributed by atoms with Crippen molar-refractivity contribution in [2.75, 3.05) is 23.5 Å². The van der Waals surface area contributed by atoms with Crippen LogP contribution in [0.3, 0.4) is 0 Å². The van der Waals surface area contributed by atoms with Crippen molar-refractivity contribution in [1.29, 1.82) is 0 Å². The van der Waals surface area contributed by atoms with Crippen LogP contribution in [0.2, 0.25) is 0 Å². The van der Waals surface area contributed by atoms with E-state index in [0.29, 0.717) is 13.1 Å². The summed E-state index contributed by atoms with van der Waals surface area (Å²) in [7, 11) is 1.50. The van der Waals surface area contributed by atoms with E-state index < -0.39 is 5.54 Å². The summed E-state index contributed by atoms with van der Waals surface area (Å²) < 4.78 is 5.50. The Balaban J connectivity index is 1.82. The van der Waals surface area contributed by atoms with E-state index in [4.69, 9.17) is 4.74 Å². The van der Waals surface area contributed by atoms with Gasteiger partial charge in [-0.1, -0.05) is 65.2 Å². The van der Waals surface area contributed by atoms with E-state index in [2.05, 4.69) is 91.2 Å². The molecule has 158 valence electrons. The maximum absolute atomic E-state index is 13.7. The van der Waals surface area contributed by atoms with Crippen LogP contribution in [0.25, 0.3) is 0 Å². The summed E-state index contributed by atoms with van der Waals surface area (Å²) in [5.74, 6) is -0.223. The first kappa shape index (κ1) is 19.7. The standard InChI is InChI=1S/C27H28N2O2/c1-18-5-9-23(10-6-18)27(26(30)31-4)17-28-15-21-13-20(3)8-12-25(21)29(27)16-22-14-19(2)7-11-24(22)28/h5-14H,15-17H2,1-4H3/t27-/m1/s1. The topological polar surface area (TPSA) is 32.8 Å². The van der Waals surface area contributed by atoms with E-state index in [1.165, 1.54) is 40.6 Å². The number of hydrogen-bond donors (Lipinski definition) is 0. The molecule has 2 bridgehead atoms. The fraction of sp³-hybridized carbons (Fsp3) is 0.296. The summed E-state index contributed by atoms with van der Waals surface area (Å²) in [6.45, 7) is 8.25. The minimum atomic E-state index is -0.935. The number of aryl methyl sites for hydroxylation is 3. The quantitative estimate of drug-likeness (QED) is 0.553. The summed E-state index contributed by atoms with van der Waals surface area (Å²) in [5.41, 5.74) is 8.43. The van der Waals surface area contributed by atoms with Gasteiger partial charge in [0.1, 0.15) is 0 Å². The molecular formula is C27H28N2O2. The van der Waals surface area contributed by atoms with Gasteiger partial charge in [-0.2, -0.15) is 0 Å². The van der Waals surface area contributed by atoms with Crippen molar-refractivity contribution >= 4 is 17.3 Å². The monoisotopic (exact) mass is 412 g/mol. The van der Waals surface area contributed by atoms with Gasteiger partial charge < -0.3 is 14.5 Å². The molecule has 3 aromatic rings. The van der Waals surface area contributed by atoms with Gasteiger partial charge >= 0.3 is 5.97 Å². The number of nitrogens with zero attached hydrogens (tertiary/aromatic N) is 2. The van der Waals surface area contributed by atoms with Crippen LogP contribution in [0.15, 0.2) is 60.7 Å². The minimum Gasteiger partial charge on any atom is -0.467 e. The summed E-state index contributed by atoms with van der Waals surface area (Å²) in [4.78, 5) is 18.3. The molecule has 0 aromatic heterocycles. The predicted molar refractivity (Wildman–Crippen MR) is 124 cm³/mol. The van der Waals surface area contributed by atoms with Gasteiger partial charge in [0.25, 0.3) is 0 Å². The van der Waals surface area contributed by atoms with Crippen LogP contribution in [0.4, 0.5) is 11.4 Å². The van der Waals surface area contributed by atoms with Crippen LogP contribution >= 0.6 is 0 Å². The number of esters is 1. The molecule has 31 heavy (non-hydrogen) atoms. The first-order chi connectivity index (χ1) is 14.9. The summed E-state index contributed by atoms with van der Waals surface area (Å²) in [6.07, 6.45) is 0. The second-order valence-corrected chi connectivity index (χ2v) is 8.92. The second-order valence-electron chi connectivity index (χ2n) is 8.92. The molecule has 2 aliphatic heterocycles. The highest BCUT2D eigenvalue weighted by molar-refractivity contribution is 5.90. The third-order valence-electron chi connectivity index (χ3n) is 6.72. The number of methoxy groups -OCH3 is 1. The van der Waals surface area contributed by atoms with Crippen molar-refractivity contribution in [2.45, 2.75) is 39.4 Å². The molecular weight excluding hydrogens is 384 g/mol. The number of ether oxygens (including phenoxy) is 1. The van der Waals surface area contributed by atoms with E-state index in [-0.39, 0.29) is 5.97 Å². The Bertz CT molecular complexity index is 1170. The molecule has 0 amide bonds. The van der Waals surface area contributed by atoms with Gasteiger partial charge in [-0.15, -0.1) is 0 Å². The molecule has 0 unspecified atom stereocenters. The van der Waals surface area contributed by atoms with E-state index >= 15 is 0 Å². The van der Waals surface area contributed by atoms with Crippen LogP contribution in [0.1, 0.15) is 33.4 Å². The molecule has 4 nitrogen and oxygen atoms in total. The zero-order valence-electron chi connectivity index (χ0n) is 18.6. The molecule has 0 spiro atoms. The van der Waals surface area contributed by atoms with E-state index in [1.807, 2.05) is 0 Å². The predicted octanol–water partition coefficient (Wildman–Crippen LogP) is 5.02. The number of rotatable bonds is 2. The number of hydrogen-bond acceptors (Lipinski definition) is 4. The van der Waals surface area contributed by atoms with Crippen LogP contribution in [0, 0.1) is 20.8 Å². The lowest BCUT2D eigenvalue weighted by molar-refractivity contribution is -0.147. The Labute approximate surface area is 184 Å². The molecule has 2 heterocycles. The molecule has 0 fully saturated rings. The Morgan fingerprint density at radius 2 is 1.39 bits per heavy atom. The highest BCUT2D eigenvalue weighted by Gasteiger charge is 2.52. The van der Waals surface area contributed by atoms with Crippen molar-refractivity contribution in [1.82, 2.24) is 0 Å². The molecule has 4 heteroatoms. The van der Waals surface area contributed by atoms with Crippen molar-refractivity contribution in [3.8, 4) is 0 Å². The van der Waals surface area contributed by atoms with Gasteiger partial charge in [-0.3, -0.25) is 0 Å². The van der Waals surface area contributed by atoms with Gasteiger partial charge in [0.05, 0.1) is 13.7 Å². The molecule has 0 N–H and O–H groups in total. The molecule has 3 aromatic carbocycles. The minimum absolute atomic E-state index is 0.223. The fourth-order valence-electron chi connectivity index (χ4n) is 5.18. The molecule has 2 aliphatic rings. The SMILES string of the molecule is COC(=O)[C@]1(c2ccc(C)cc2)CN2Cc3cc(C)ccc3N1Cc1cc(C)ccc12. The largest absolute Gasteiger partial charge is 0.467 e. The van der Waals surface area contributed by atoms with Crippen molar-refractivity contribution < 1.29 is 9.53 Å². The normalized spacial score (nSPS) is 19.4. The Morgan fingerprint density at radius 3 is 2.03 bits per heavy atom. The number of benzene rings is 3. The smallest absolute Gasteiger partial charge is 0.338 e. The molecule has 5 rings (SSSR count). The maximum atomic E-state index is 13.7. The zero-order chi connectivity index (χ0) is 21.8. The van der Waals surface area contributed by atoms with Gasteiger partial charge in [0.2, 0.25) is 0 Å². The number of fused-ring (bicyclic) bond motifs is 7. The number of anilines is 2. The fourth-order valence-corrected chi connectivity index (χ4v) is 5.18. The van der Waals surface area contributed by atoms with Crippen molar-refractivity contribution in [2.24, 2.45) is 0 Å². The average molecular weight is 413 g/mol. The van der Waals surface area contributed by atoms with Gasteiger partial charge in [-0.25, -0.2) is 4.79 Å². The van der Waals surface area contributed by atoms with Crippen molar-refractivity contribution in [3.63, 3.8) is 0 Å². The zero-order valence-corrected chi connectivity index (χ0v) is 18.6. The van der Waals surface area contributed by atoms with Crippen LogP contribution in [0.5, 0.6) is 0 Å². The van der Waals surface area contributed by atoms with Crippen LogP contribution < -0.4 is 9.80 Å². The molecule has 0 radical (unpaired) electrons. The lowest BCUT2D eigenvalue weighted by Crippen LogP contribution is -2.56.